The fourth-order valence-electron chi connectivity index (χ4n) is 1.91. The number of ether oxygens (including phenoxy) is 1. The Morgan fingerprint density at radius 2 is 1.89 bits per heavy atom. The summed E-state index contributed by atoms with van der Waals surface area (Å²) in [5.74, 6) is -0.801. The summed E-state index contributed by atoms with van der Waals surface area (Å²) >= 11 is 0. The molecule has 0 fully saturated rings. The molecule has 0 aromatic carbocycles. The minimum atomic E-state index is -1.00. The van der Waals surface area contributed by atoms with E-state index >= 15 is 0 Å². The van der Waals surface area contributed by atoms with E-state index in [2.05, 4.69) is 5.32 Å². The number of urea groups is 1. The Labute approximate surface area is 115 Å². The second kappa shape index (κ2) is 8.74. The predicted octanol–water partition coefficient (Wildman–Crippen LogP) is 1.55. The van der Waals surface area contributed by atoms with E-state index in [-0.39, 0.29) is 18.0 Å². The van der Waals surface area contributed by atoms with Crippen LogP contribution in [0.3, 0.4) is 0 Å². The van der Waals surface area contributed by atoms with Crippen LogP contribution in [0.4, 0.5) is 4.79 Å². The number of hydrogen-bond donors (Lipinski definition) is 2. The molecule has 0 aliphatic carbocycles. The highest BCUT2D eigenvalue weighted by atomic mass is 16.5. The van der Waals surface area contributed by atoms with Crippen LogP contribution in [0.2, 0.25) is 0 Å². The van der Waals surface area contributed by atoms with Gasteiger partial charge >= 0.3 is 12.0 Å². The molecule has 2 atom stereocenters. The molecule has 0 heterocycles. The number of nitrogens with one attached hydrogen (secondary N) is 1. The van der Waals surface area contributed by atoms with Crippen LogP contribution in [-0.4, -0.2) is 54.4 Å². The molecule has 0 bridgehead atoms. The van der Waals surface area contributed by atoms with Gasteiger partial charge in [-0.25, -0.2) is 9.59 Å². The van der Waals surface area contributed by atoms with Gasteiger partial charge in [0.15, 0.2) is 0 Å². The summed E-state index contributed by atoms with van der Waals surface area (Å²) in [6.07, 6.45) is 0.414. The van der Waals surface area contributed by atoms with Gasteiger partial charge < -0.3 is 20.1 Å². The number of hydrogen-bond acceptors (Lipinski definition) is 3. The summed E-state index contributed by atoms with van der Waals surface area (Å²) in [4.78, 5) is 24.8. The number of amides is 2. The second-order valence-corrected chi connectivity index (χ2v) is 5.06. The molecule has 0 aliphatic rings. The zero-order chi connectivity index (χ0) is 15.0. The average molecular weight is 274 g/mol. The molecule has 1 unspecified atom stereocenters. The van der Waals surface area contributed by atoms with Crippen molar-refractivity contribution < 1.29 is 19.4 Å². The molecule has 6 nitrogen and oxygen atoms in total. The predicted molar refractivity (Wildman–Crippen MR) is 73.1 cm³/mol. The van der Waals surface area contributed by atoms with Gasteiger partial charge in [0.25, 0.3) is 0 Å². The Bertz CT molecular complexity index is 294. The van der Waals surface area contributed by atoms with E-state index in [0.717, 1.165) is 0 Å². The van der Waals surface area contributed by atoms with Crippen LogP contribution >= 0.6 is 0 Å². The summed E-state index contributed by atoms with van der Waals surface area (Å²) in [5, 5.41) is 11.7. The molecular weight excluding hydrogens is 248 g/mol. The Hall–Kier alpha value is -1.30. The first-order valence-corrected chi connectivity index (χ1v) is 6.62. The number of rotatable bonds is 8. The molecule has 6 heteroatoms. The first kappa shape index (κ1) is 17.7. The van der Waals surface area contributed by atoms with E-state index in [1.54, 1.807) is 12.0 Å². The molecule has 19 heavy (non-hydrogen) atoms. The van der Waals surface area contributed by atoms with Crippen LogP contribution in [-0.2, 0) is 9.53 Å². The van der Waals surface area contributed by atoms with Crippen molar-refractivity contribution in [3.63, 3.8) is 0 Å². The summed E-state index contributed by atoms with van der Waals surface area (Å²) in [7, 11) is 1.57. The molecule has 2 N–H and O–H groups in total. The monoisotopic (exact) mass is 274 g/mol. The zero-order valence-electron chi connectivity index (χ0n) is 12.5. The molecular formula is C13H26N2O4. The van der Waals surface area contributed by atoms with Crippen molar-refractivity contribution in [3.05, 3.63) is 0 Å². The Morgan fingerprint density at radius 1 is 1.32 bits per heavy atom. The second-order valence-electron chi connectivity index (χ2n) is 5.06. The molecule has 0 rings (SSSR count). The molecule has 0 spiro atoms. The van der Waals surface area contributed by atoms with Gasteiger partial charge in [-0.15, -0.1) is 0 Å². The highest BCUT2D eigenvalue weighted by Gasteiger charge is 2.25. The fraction of sp³-hybridized carbons (Fsp3) is 0.846. The van der Waals surface area contributed by atoms with Gasteiger partial charge in [0.1, 0.15) is 6.04 Å². The maximum atomic E-state index is 12.1. The lowest BCUT2D eigenvalue weighted by Crippen LogP contribution is -2.51. The SMILES string of the molecule is CCN(C(=O)N[C@H](CC(C)C)C(=O)O)C(C)COC. The van der Waals surface area contributed by atoms with Crippen molar-refractivity contribution in [2.45, 2.75) is 46.2 Å². The first-order chi connectivity index (χ1) is 8.83. The van der Waals surface area contributed by atoms with Crippen LogP contribution in [0.25, 0.3) is 0 Å². The van der Waals surface area contributed by atoms with E-state index < -0.39 is 12.0 Å². The van der Waals surface area contributed by atoms with Gasteiger partial charge in [-0.2, -0.15) is 0 Å². The Balaban J connectivity index is 4.63. The molecule has 112 valence electrons. The molecule has 2 amide bonds. The third-order valence-electron chi connectivity index (χ3n) is 2.84. The molecule has 0 radical (unpaired) electrons. The van der Waals surface area contributed by atoms with Gasteiger partial charge in [-0.3, -0.25) is 0 Å². The van der Waals surface area contributed by atoms with Gasteiger partial charge in [-0.1, -0.05) is 13.8 Å². The fourth-order valence-corrected chi connectivity index (χ4v) is 1.91. The minimum absolute atomic E-state index is 0.0940. The highest BCUT2D eigenvalue weighted by Crippen LogP contribution is 2.07. The van der Waals surface area contributed by atoms with Gasteiger partial charge in [0.2, 0.25) is 0 Å². The Kier molecular flexibility index (Phi) is 8.14. The number of carboxylic acid groups (broad SMARTS) is 1. The van der Waals surface area contributed by atoms with Crippen LogP contribution in [0, 0.1) is 5.92 Å². The van der Waals surface area contributed by atoms with Crippen molar-refractivity contribution in [2.75, 3.05) is 20.3 Å². The topological polar surface area (TPSA) is 78.9 Å². The number of likely N-dealkylation sites (N-methyl/N-ethyl adjacent to an activating group) is 1. The number of nitrogens with zero attached hydrogens (tertiary/aromatic N) is 1. The van der Waals surface area contributed by atoms with E-state index in [1.165, 1.54) is 0 Å². The lowest BCUT2D eigenvalue weighted by Gasteiger charge is -2.29. The first-order valence-electron chi connectivity index (χ1n) is 6.62. The highest BCUT2D eigenvalue weighted by molar-refractivity contribution is 5.82. The number of methoxy groups -OCH3 is 1. The third kappa shape index (κ3) is 6.42. The van der Waals surface area contributed by atoms with Crippen molar-refractivity contribution in [1.29, 1.82) is 0 Å². The normalized spacial score (nSPS) is 14.0. The van der Waals surface area contributed by atoms with E-state index in [1.807, 2.05) is 27.7 Å². The van der Waals surface area contributed by atoms with Gasteiger partial charge in [0.05, 0.1) is 12.6 Å². The lowest BCUT2D eigenvalue weighted by atomic mass is 10.0. The van der Waals surface area contributed by atoms with Crippen molar-refractivity contribution in [2.24, 2.45) is 5.92 Å². The van der Waals surface area contributed by atoms with Crippen molar-refractivity contribution in [1.82, 2.24) is 10.2 Å². The van der Waals surface area contributed by atoms with Crippen LogP contribution in [0.15, 0.2) is 0 Å². The summed E-state index contributed by atoms with van der Waals surface area (Å²) in [6.45, 7) is 8.49. The van der Waals surface area contributed by atoms with Crippen molar-refractivity contribution in [3.8, 4) is 0 Å². The average Bonchev–Trinajstić information content (AvgIpc) is 2.28. The molecule has 0 saturated carbocycles. The quantitative estimate of drug-likeness (QED) is 0.704. The van der Waals surface area contributed by atoms with Gasteiger partial charge in [-0.05, 0) is 26.2 Å². The number of carboxylic acids is 1. The largest absolute Gasteiger partial charge is 0.480 e. The standard InChI is InChI=1S/C13H26N2O4/c1-6-15(10(4)8-19-5)13(18)14-11(12(16)17)7-9(2)3/h9-11H,6-8H2,1-5H3,(H,14,18)(H,16,17)/t10?,11-/m1/s1. The Morgan fingerprint density at radius 3 is 2.26 bits per heavy atom. The third-order valence-corrected chi connectivity index (χ3v) is 2.84. The maximum absolute atomic E-state index is 12.1. The molecule has 0 aliphatic heterocycles. The number of carbonyl (C=O) groups is 2. The number of carbonyl (C=O) groups excluding carboxylic acids is 1. The molecule has 0 aromatic rings. The maximum Gasteiger partial charge on any atom is 0.326 e. The van der Waals surface area contributed by atoms with Crippen LogP contribution in [0.1, 0.15) is 34.1 Å². The van der Waals surface area contributed by atoms with Crippen LogP contribution < -0.4 is 5.32 Å². The summed E-state index contributed by atoms with van der Waals surface area (Å²) in [5.41, 5.74) is 0. The van der Waals surface area contributed by atoms with E-state index in [9.17, 15) is 9.59 Å². The smallest absolute Gasteiger partial charge is 0.326 e. The van der Waals surface area contributed by atoms with Crippen molar-refractivity contribution >= 4 is 12.0 Å². The minimum Gasteiger partial charge on any atom is -0.480 e. The lowest BCUT2D eigenvalue weighted by molar-refractivity contribution is -0.139. The molecule has 0 aromatic heterocycles. The zero-order valence-corrected chi connectivity index (χ0v) is 12.5. The summed E-state index contributed by atoms with van der Waals surface area (Å²) < 4.78 is 5.02. The van der Waals surface area contributed by atoms with E-state index in [0.29, 0.717) is 19.6 Å². The van der Waals surface area contributed by atoms with E-state index in [4.69, 9.17) is 9.84 Å². The van der Waals surface area contributed by atoms with Gasteiger partial charge in [0, 0.05) is 13.7 Å². The number of aliphatic carboxylic acids is 1. The summed E-state index contributed by atoms with van der Waals surface area (Å²) in [6, 6.07) is -1.31. The molecule has 0 saturated heterocycles. The van der Waals surface area contributed by atoms with Crippen LogP contribution in [0.5, 0.6) is 0 Å².